The van der Waals surface area contributed by atoms with Crippen LogP contribution in [0.4, 0.5) is 5.69 Å². The van der Waals surface area contributed by atoms with Gasteiger partial charge < -0.3 is 10.1 Å². The maximum Gasteiger partial charge on any atom is 0.338 e. The number of hydrogen-bond acceptors (Lipinski definition) is 5. The molecule has 0 aliphatic carbocycles. The molecule has 7 nitrogen and oxygen atoms in total. The zero-order chi connectivity index (χ0) is 17.7. The second-order valence-corrected chi connectivity index (χ2v) is 7.61. The van der Waals surface area contributed by atoms with E-state index in [-0.39, 0.29) is 5.91 Å². The van der Waals surface area contributed by atoms with Gasteiger partial charge in [0.1, 0.15) is 6.04 Å². The predicted molar refractivity (Wildman–Crippen MR) is 90.2 cm³/mol. The highest BCUT2D eigenvalue weighted by molar-refractivity contribution is 7.88. The largest absolute Gasteiger partial charge is 0.462 e. The van der Waals surface area contributed by atoms with Crippen LogP contribution in [0.25, 0.3) is 0 Å². The molecule has 1 fully saturated rings. The topological polar surface area (TPSA) is 92.8 Å². The molecule has 0 radical (unpaired) electrons. The Morgan fingerprint density at radius 3 is 2.50 bits per heavy atom. The fourth-order valence-corrected chi connectivity index (χ4v) is 3.82. The Kier molecular flexibility index (Phi) is 5.95. The van der Waals surface area contributed by atoms with E-state index in [0.717, 1.165) is 19.1 Å². The summed E-state index contributed by atoms with van der Waals surface area (Å²) in [7, 11) is -3.43. The Hall–Kier alpha value is -1.93. The van der Waals surface area contributed by atoms with Gasteiger partial charge in [0.15, 0.2) is 0 Å². The lowest BCUT2D eigenvalue weighted by atomic mass is 10.0. The van der Waals surface area contributed by atoms with Gasteiger partial charge in [0.05, 0.1) is 18.4 Å². The van der Waals surface area contributed by atoms with Crippen molar-refractivity contribution in [3.63, 3.8) is 0 Å². The molecule has 1 atom stereocenters. The van der Waals surface area contributed by atoms with E-state index < -0.39 is 22.0 Å². The summed E-state index contributed by atoms with van der Waals surface area (Å²) in [6.07, 6.45) is 3.18. The zero-order valence-electron chi connectivity index (χ0n) is 13.8. The van der Waals surface area contributed by atoms with Gasteiger partial charge in [-0.1, -0.05) is 6.42 Å². The Bertz CT molecular complexity index is 700. The number of carbonyl (C=O) groups excluding carboxylic acids is 2. The normalized spacial score (nSPS) is 18.8. The van der Waals surface area contributed by atoms with Crippen LogP contribution in [-0.2, 0) is 19.6 Å². The van der Waals surface area contributed by atoms with E-state index in [0.29, 0.717) is 30.8 Å². The highest BCUT2D eigenvalue weighted by atomic mass is 32.2. The number of anilines is 1. The fourth-order valence-electron chi connectivity index (χ4n) is 2.69. The van der Waals surface area contributed by atoms with Crippen molar-refractivity contribution in [1.29, 1.82) is 0 Å². The molecule has 1 aliphatic rings. The number of piperidine rings is 1. The number of benzene rings is 1. The molecule has 0 aromatic heterocycles. The summed E-state index contributed by atoms with van der Waals surface area (Å²) >= 11 is 0. The number of nitrogens with zero attached hydrogens (tertiary/aromatic N) is 1. The van der Waals surface area contributed by atoms with Crippen LogP contribution in [0, 0.1) is 0 Å². The van der Waals surface area contributed by atoms with Crippen molar-refractivity contribution in [2.75, 3.05) is 24.7 Å². The molecule has 2 rings (SSSR count). The summed E-state index contributed by atoms with van der Waals surface area (Å²) in [5, 5.41) is 2.71. The van der Waals surface area contributed by atoms with Gasteiger partial charge in [-0.15, -0.1) is 0 Å². The number of carbonyl (C=O) groups is 2. The molecule has 1 amide bonds. The van der Waals surface area contributed by atoms with Crippen molar-refractivity contribution < 1.29 is 22.7 Å². The third-order valence-corrected chi connectivity index (χ3v) is 5.13. The van der Waals surface area contributed by atoms with Gasteiger partial charge in [-0.2, -0.15) is 4.31 Å². The number of sulfonamides is 1. The first-order valence-electron chi connectivity index (χ1n) is 7.88. The average molecular weight is 354 g/mol. The Morgan fingerprint density at radius 2 is 1.92 bits per heavy atom. The van der Waals surface area contributed by atoms with Crippen molar-refractivity contribution in [3.05, 3.63) is 29.8 Å². The van der Waals surface area contributed by atoms with E-state index in [9.17, 15) is 18.0 Å². The molecule has 0 saturated carbocycles. The first-order chi connectivity index (χ1) is 11.3. The Labute approximate surface area is 142 Å². The lowest BCUT2D eigenvalue weighted by Crippen LogP contribution is -2.49. The second-order valence-electron chi connectivity index (χ2n) is 5.67. The van der Waals surface area contributed by atoms with Crippen LogP contribution in [0.5, 0.6) is 0 Å². The molecule has 0 bridgehead atoms. The van der Waals surface area contributed by atoms with Gasteiger partial charge >= 0.3 is 5.97 Å². The van der Waals surface area contributed by atoms with E-state index in [1.807, 2.05) is 0 Å². The molecule has 8 heteroatoms. The van der Waals surface area contributed by atoms with Gasteiger partial charge in [-0.25, -0.2) is 13.2 Å². The summed E-state index contributed by atoms with van der Waals surface area (Å²) < 4.78 is 29.8. The lowest BCUT2D eigenvalue weighted by molar-refractivity contribution is -0.120. The molecular weight excluding hydrogens is 332 g/mol. The molecule has 24 heavy (non-hydrogen) atoms. The van der Waals surface area contributed by atoms with Crippen molar-refractivity contribution in [1.82, 2.24) is 4.31 Å². The zero-order valence-corrected chi connectivity index (χ0v) is 14.6. The minimum absolute atomic E-state index is 0.292. The van der Waals surface area contributed by atoms with Crippen molar-refractivity contribution in [2.24, 2.45) is 0 Å². The van der Waals surface area contributed by atoms with E-state index >= 15 is 0 Å². The molecule has 0 unspecified atom stereocenters. The van der Waals surface area contributed by atoms with Crippen LogP contribution >= 0.6 is 0 Å². The highest BCUT2D eigenvalue weighted by Crippen LogP contribution is 2.21. The molecule has 1 N–H and O–H groups in total. The summed E-state index contributed by atoms with van der Waals surface area (Å²) in [6.45, 7) is 2.38. The molecule has 132 valence electrons. The molecule has 1 aromatic rings. The van der Waals surface area contributed by atoms with E-state index in [2.05, 4.69) is 5.32 Å². The highest BCUT2D eigenvalue weighted by Gasteiger charge is 2.34. The number of hydrogen-bond donors (Lipinski definition) is 1. The summed E-state index contributed by atoms with van der Waals surface area (Å²) in [6, 6.07) is 5.61. The number of esters is 1. The third-order valence-electron chi connectivity index (χ3n) is 3.85. The van der Waals surface area contributed by atoms with Crippen molar-refractivity contribution in [2.45, 2.75) is 32.2 Å². The molecule has 1 heterocycles. The monoisotopic (exact) mass is 354 g/mol. The number of nitrogens with one attached hydrogen (secondary N) is 1. The maximum atomic E-state index is 12.4. The minimum atomic E-state index is -3.43. The summed E-state index contributed by atoms with van der Waals surface area (Å²) in [4.78, 5) is 24.0. The van der Waals surface area contributed by atoms with Crippen molar-refractivity contribution in [3.8, 4) is 0 Å². The molecule has 1 aliphatic heterocycles. The fraction of sp³-hybridized carbons (Fsp3) is 0.500. The van der Waals surface area contributed by atoms with E-state index in [1.165, 1.54) is 4.31 Å². The van der Waals surface area contributed by atoms with Gasteiger partial charge in [-0.05, 0) is 44.0 Å². The Balaban J connectivity index is 2.07. The summed E-state index contributed by atoms with van der Waals surface area (Å²) in [5.74, 6) is -0.782. The smallest absolute Gasteiger partial charge is 0.338 e. The quantitative estimate of drug-likeness (QED) is 0.811. The van der Waals surface area contributed by atoms with Crippen LogP contribution < -0.4 is 5.32 Å². The molecule has 0 spiro atoms. The maximum absolute atomic E-state index is 12.4. The number of rotatable bonds is 5. The SMILES string of the molecule is CCOC(=O)c1ccc(NC(=O)[C@H]2CCCCN2S(C)(=O)=O)cc1. The number of ether oxygens (including phenoxy) is 1. The van der Waals surface area contributed by atoms with Gasteiger partial charge in [0.25, 0.3) is 0 Å². The third kappa shape index (κ3) is 4.55. The molecule has 1 saturated heterocycles. The van der Waals surface area contributed by atoms with Gasteiger partial charge in [0.2, 0.25) is 15.9 Å². The minimum Gasteiger partial charge on any atom is -0.462 e. The average Bonchev–Trinajstić information content (AvgIpc) is 2.55. The van der Waals surface area contributed by atoms with Crippen molar-refractivity contribution >= 4 is 27.6 Å². The van der Waals surface area contributed by atoms with Crippen LogP contribution in [0.3, 0.4) is 0 Å². The van der Waals surface area contributed by atoms with Crippen LogP contribution in [0.15, 0.2) is 24.3 Å². The van der Waals surface area contributed by atoms with E-state index in [4.69, 9.17) is 4.74 Å². The van der Waals surface area contributed by atoms with E-state index in [1.54, 1.807) is 31.2 Å². The second kappa shape index (κ2) is 7.76. The first-order valence-corrected chi connectivity index (χ1v) is 9.72. The number of amides is 1. The predicted octanol–water partition coefficient (Wildman–Crippen LogP) is 1.62. The summed E-state index contributed by atoms with van der Waals surface area (Å²) in [5.41, 5.74) is 0.900. The molecule has 1 aromatic carbocycles. The lowest BCUT2D eigenvalue weighted by Gasteiger charge is -2.32. The Morgan fingerprint density at radius 1 is 1.25 bits per heavy atom. The van der Waals surface area contributed by atoms with Crippen LogP contribution in [-0.4, -0.2) is 50.0 Å². The standard InChI is InChI=1S/C16H22N2O5S/c1-3-23-16(20)12-7-9-13(10-8-12)17-15(19)14-6-4-5-11-18(14)24(2,21)22/h7-10,14H,3-6,11H2,1-2H3,(H,17,19)/t14-/m1/s1. The van der Waals surface area contributed by atoms with Crippen LogP contribution in [0.1, 0.15) is 36.5 Å². The molecular formula is C16H22N2O5S. The first kappa shape index (κ1) is 18.4. The van der Waals surface area contributed by atoms with Gasteiger partial charge in [0, 0.05) is 12.2 Å². The van der Waals surface area contributed by atoms with Crippen LogP contribution in [0.2, 0.25) is 0 Å². The van der Waals surface area contributed by atoms with Gasteiger partial charge in [-0.3, -0.25) is 4.79 Å².